The highest BCUT2D eigenvalue weighted by Gasteiger charge is 2.31. The average molecular weight is 405 g/mol. The van der Waals surface area contributed by atoms with Crippen molar-refractivity contribution in [3.8, 4) is 0 Å². The summed E-state index contributed by atoms with van der Waals surface area (Å²) in [5, 5.41) is 9.78. The van der Waals surface area contributed by atoms with Gasteiger partial charge in [-0.15, -0.1) is 0 Å². The van der Waals surface area contributed by atoms with E-state index in [0.717, 1.165) is 37.1 Å². The van der Waals surface area contributed by atoms with E-state index in [9.17, 15) is 14.4 Å². The third-order valence-electron chi connectivity index (χ3n) is 5.62. The molecule has 3 amide bonds. The average Bonchev–Trinajstić information content (AvgIpc) is 3.17. The molecule has 0 aromatic carbocycles. The Balaban J connectivity index is 1.30. The van der Waals surface area contributed by atoms with Gasteiger partial charge in [0.15, 0.2) is 5.69 Å². The Hall–Kier alpha value is -2.46. The number of piperazine rings is 1. The van der Waals surface area contributed by atoms with Crippen molar-refractivity contribution in [1.82, 2.24) is 25.3 Å². The number of nitrogens with zero attached hydrogens (tertiary/aromatic N) is 3. The van der Waals surface area contributed by atoms with Crippen LogP contribution in [0.2, 0.25) is 0 Å². The van der Waals surface area contributed by atoms with Crippen LogP contribution in [-0.4, -0.2) is 89.8 Å². The summed E-state index contributed by atoms with van der Waals surface area (Å²) in [7, 11) is 0. The molecule has 4 rings (SSSR count). The molecule has 0 aliphatic carbocycles. The zero-order chi connectivity index (χ0) is 20.2. The minimum atomic E-state index is -0.243. The summed E-state index contributed by atoms with van der Waals surface area (Å²) >= 11 is 0. The lowest BCUT2D eigenvalue weighted by Crippen LogP contribution is -2.50. The SMILES string of the molecule is O=C1CN(C(=O)c2n[nH]c3c2CCN(C(=O)COCC2CCCCO2)C3)CCN1. The zero-order valence-electron chi connectivity index (χ0n) is 16.4. The molecule has 2 saturated heterocycles. The fourth-order valence-corrected chi connectivity index (χ4v) is 3.98. The van der Waals surface area contributed by atoms with E-state index in [4.69, 9.17) is 9.47 Å². The molecule has 0 spiro atoms. The third kappa shape index (κ3) is 4.59. The van der Waals surface area contributed by atoms with Gasteiger partial charge in [0.2, 0.25) is 11.8 Å². The monoisotopic (exact) mass is 405 g/mol. The van der Waals surface area contributed by atoms with Crippen molar-refractivity contribution in [3.05, 3.63) is 17.0 Å². The van der Waals surface area contributed by atoms with Crippen LogP contribution in [0.15, 0.2) is 0 Å². The molecule has 0 saturated carbocycles. The molecule has 10 nitrogen and oxygen atoms in total. The lowest BCUT2D eigenvalue weighted by Gasteiger charge is -2.29. The molecule has 29 heavy (non-hydrogen) atoms. The second kappa shape index (κ2) is 8.91. The van der Waals surface area contributed by atoms with Crippen LogP contribution in [0.3, 0.4) is 0 Å². The highest BCUT2D eigenvalue weighted by molar-refractivity contribution is 5.97. The maximum absolute atomic E-state index is 12.7. The summed E-state index contributed by atoms with van der Waals surface area (Å²) in [5.41, 5.74) is 1.96. The molecule has 1 aromatic rings. The van der Waals surface area contributed by atoms with E-state index < -0.39 is 0 Å². The van der Waals surface area contributed by atoms with E-state index in [1.807, 2.05) is 0 Å². The standard InChI is InChI=1S/C19H27N5O5/c25-16-10-24(7-5-20-16)19(27)18-14-4-6-23(9-15(14)21-22-18)17(26)12-28-11-13-3-1-2-8-29-13/h13H,1-12H2,(H,20,25)(H,21,22). The van der Waals surface area contributed by atoms with Gasteiger partial charge in [0.1, 0.15) is 6.61 Å². The number of fused-ring (bicyclic) bond motifs is 1. The number of ether oxygens (including phenoxy) is 2. The van der Waals surface area contributed by atoms with Crippen molar-refractivity contribution in [2.75, 3.05) is 46.0 Å². The number of carbonyl (C=O) groups excluding carboxylic acids is 3. The first-order valence-electron chi connectivity index (χ1n) is 10.2. The second-order valence-electron chi connectivity index (χ2n) is 7.67. The van der Waals surface area contributed by atoms with Crippen LogP contribution in [0.4, 0.5) is 0 Å². The summed E-state index contributed by atoms with van der Waals surface area (Å²) in [5.74, 6) is -0.487. The Kier molecular flexibility index (Phi) is 6.10. The van der Waals surface area contributed by atoms with E-state index in [2.05, 4.69) is 15.5 Å². The molecule has 3 aliphatic heterocycles. The number of nitrogens with one attached hydrogen (secondary N) is 2. The normalized spacial score (nSPS) is 22.2. The minimum absolute atomic E-state index is 0.0258. The molecule has 1 aromatic heterocycles. The van der Waals surface area contributed by atoms with Gasteiger partial charge in [0.25, 0.3) is 5.91 Å². The van der Waals surface area contributed by atoms with Crippen LogP contribution in [0, 0.1) is 0 Å². The number of carbonyl (C=O) groups is 3. The molecule has 2 fully saturated rings. The highest BCUT2D eigenvalue weighted by Crippen LogP contribution is 2.22. The van der Waals surface area contributed by atoms with Crippen LogP contribution >= 0.6 is 0 Å². The van der Waals surface area contributed by atoms with Crippen molar-refractivity contribution >= 4 is 17.7 Å². The van der Waals surface area contributed by atoms with Crippen molar-refractivity contribution < 1.29 is 23.9 Å². The largest absolute Gasteiger partial charge is 0.376 e. The molecular weight excluding hydrogens is 378 g/mol. The molecule has 2 N–H and O–H groups in total. The number of H-pyrrole nitrogens is 1. The Labute approximate surface area is 168 Å². The molecular formula is C19H27N5O5. The summed E-state index contributed by atoms with van der Waals surface area (Å²) in [4.78, 5) is 40.0. The van der Waals surface area contributed by atoms with Gasteiger partial charge in [0, 0.05) is 31.8 Å². The number of aromatic amines is 1. The van der Waals surface area contributed by atoms with E-state index in [0.29, 0.717) is 44.9 Å². The van der Waals surface area contributed by atoms with Crippen LogP contribution < -0.4 is 5.32 Å². The first kappa shape index (κ1) is 19.8. The van der Waals surface area contributed by atoms with E-state index in [1.165, 1.54) is 4.90 Å². The molecule has 4 heterocycles. The Morgan fingerprint density at radius 2 is 2.10 bits per heavy atom. The van der Waals surface area contributed by atoms with E-state index in [1.54, 1.807) is 4.90 Å². The maximum Gasteiger partial charge on any atom is 0.275 e. The second-order valence-corrected chi connectivity index (χ2v) is 7.67. The predicted octanol–water partition coefficient (Wildman–Crippen LogP) is -0.548. The minimum Gasteiger partial charge on any atom is -0.376 e. The molecule has 158 valence electrons. The molecule has 10 heteroatoms. The number of hydrogen-bond acceptors (Lipinski definition) is 6. The quantitative estimate of drug-likeness (QED) is 0.679. The van der Waals surface area contributed by atoms with Crippen LogP contribution in [0.5, 0.6) is 0 Å². The topological polar surface area (TPSA) is 117 Å². The summed E-state index contributed by atoms with van der Waals surface area (Å²) in [6, 6.07) is 0. The summed E-state index contributed by atoms with van der Waals surface area (Å²) in [6.07, 6.45) is 3.84. The molecule has 3 aliphatic rings. The number of aromatic nitrogens is 2. The van der Waals surface area contributed by atoms with Gasteiger partial charge in [-0.2, -0.15) is 5.10 Å². The van der Waals surface area contributed by atoms with Gasteiger partial charge >= 0.3 is 0 Å². The van der Waals surface area contributed by atoms with Crippen molar-refractivity contribution in [3.63, 3.8) is 0 Å². The van der Waals surface area contributed by atoms with E-state index in [-0.39, 0.29) is 37.0 Å². The summed E-state index contributed by atoms with van der Waals surface area (Å²) in [6.45, 7) is 3.08. The fraction of sp³-hybridized carbons (Fsp3) is 0.684. The van der Waals surface area contributed by atoms with Crippen LogP contribution in [0.1, 0.15) is 41.0 Å². The molecule has 0 radical (unpaired) electrons. The van der Waals surface area contributed by atoms with Crippen molar-refractivity contribution in [2.45, 2.75) is 38.3 Å². The van der Waals surface area contributed by atoms with Gasteiger partial charge in [-0.3, -0.25) is 19.5 Å². The fourth-order valence-electron chi connectivity index (χ4n) is 3.98. The number of hydrogen-bond donors (Lipinski definition) is 2. The predicted molar refractivity (Wildman–Crippen MR) is 101 cm³/mol. The Morgan fingerprint density at radius 1 is 1.21 bits per heavy atom. The number of amides is 3. The van der Waals surface area contributed by atoms with Gasteiger partial charge in [-0.25, -0.2) is 0 Å². The first-order valence-corrected chi connectivity index (χ1v) is 10.2. The molecule has 0 bridgehead atoms. The Morgan fingerprint density at radius 3 is 2.90 bits per heavy atom. The van der Waals surface area contributed by atoms with Gasteiger partial charge in [-0.1, -0.05) is 0 Å². The lowest BCUT2D eigenvalue weighted by atomic mass is 10.0. The smallest absolute Gasteiger partial charge is 0.275 e. The van der Waals surface area contributed by atoms with E-state index >= 15 is 0 Å². The van der Waals surface area contributed by atoms with Crippen LogP contribution in [0.25, 0.3) is 0 Å². The zero-order valence-corrected chi connectivity index (χ0v) is 16.4. The molecule has 1 atom stereocenters. The van der Waals surface area contributed by atoms with Gasteiger partial charge < -0.3 is 24.6 Å². The molecule has 1 unspecified atom stereocenters. The lowest BCUT2D eigenvalue weighted by molar-refractivity contribution is -0.139. The van der Waals surface area contributed by atoms with Crippen molar-refractivity contribution in [1.29, 1.82) is 0 Å². The maximum atomic E-state index is 12.7. The summed E-state index contributed by atoms with van der Waals surface area (Å²) < 4.78 is 11.2. The third-order valence-corrected chi connectivity index (χ3v) is 5.62. The number of rotatable bonds is 5. The van der Waals surface area contributed by atoms with Crippen LogP contribution in [-0.2, 0) is 32.0 Å². The van der Waals surface area contributed by atoms with Gasteiger partial charge in [-0.05, 0) is 25.7 Å². The van der Waals surface area contributed by atoms with Crippen molar-refractivity contribution in [2.24, 2.45) is 0 Å². The highest BCUT2D eigenvalue weighted by atomic mass is 16.5. The van der Waals surface area contributed by atoms with Gasteiger partial charge in [0.05, 0.1) is 31.5 Å². The first-order chi connectivity index (χ1) is 14.1. The Bertz CT molecular complexity index is 773.